The highest BCUT2D eigenvalue weighted by Gasteiger charge is 2.27. The molecule has 0 saturated heterocycles. The smallest absolute Gasteiger partial charge is 0.212 e. The van der Waals surface area contributed by atoms with Crippen LogP contribution in [0.5, 0.6) is 0 Å². The Morgan fingerprint density at radius 1 is 0.196 bits per heavy atom. The van der Waals surface area contributed by atoms with E-state index in [0.717, 1.165) is 127 Å². The molecule has 20 rings (SSSR count). The van der Waals surface area contributed by atoms with E-state index in [4.69, 9.17) is 59.8 Å². The highest BCUT2D eigenvalue weighted by molar-refractivity contribution is 6.14. The topological polar surface area (TPSA) is 182 Å². The summed E-state index contributed by atoms with van der Waals surface area (Å²) >= 11 is 0. The van der Waals surface area contributed by atoms with Gasteiger partial charge < -0.3 is 9.13 Å². The van der Waals surface area contributed by atoms with Gasteiger partial charge in [-0.1, -0.05) is 243 Å². The summed E-state index contributed by atoms with van der Waals surface area (Å²) < 4.78 is 4.46. The third kappa shape index (κ3) is 12.3. The predicted octanol–water partition coefficient (Wildman–Crippen LogP) is 22.2. The first-order valence-electron chi connectivity index (χ1n) is 36.6. The van der Waals surface area contributed by atoms with Crippen molar-refractivity contribution in [3.05, 3.63) is 364 Å². The third-order valence-corrected chi connectivity index (χ3v) is 20.0. The first-order valence-corrected chi connectivity index (χ1v) is 36.6. The summed E-state index contributed by atoms with van der Waals surface area (Å²) in [7, 11) is 0. The van der Waals surface area contributed by atoms with E-state index in [0.29, 0.717) is 81.3 Å². The highest BCUT2D eigenvalue weighted by Crippen LogP contribution is 2.46. The van der Waals surface area contributed by atoms with Crippen LogP contribution in [0.2, 0.25) is 0 Å². The number of pyridine rings is 1. The van der Waals surface area contributed by atoms with Crippen LogP contribution in [0.15, 0.2) is 352 Å². The molecule has 0 aliphatic rings. The number of benzene rings is 13. The van der Waals surface area contributed by atoms with Gasteiger partial charge in [0.05, 0.1) is 34.3 Å². The molecule has 0 aliphatic heterocycles. The molecule has 0 atom stereocenters. The van der Waals surface area contributed by atoms with Crippen molar-refractivity contribution in [3.63, 3.8) is 0 Å². The second kappa shape index (κ2) is 28.1. The Balaban J connectivity index is 0.826. The summed E-state index contributed by atoms with van der Waals surface area (Å²) in [5.41, 5.74) is 16.7. The number of hydrogen-bond acceptors (Lipinski definition) is 13. The molecule has 20 aromatic rings. The minimum absolute atomic E-state index is 0.386. The summed E-state index contributed by atoms with van der Waals surface area (Å²) in [5, 5.41) is 3.51. The number of nitrogens with zero attached hydrogens (tertiary/aromatic N) is 16. The fraction of sp³-hybridized carbons (Fsp3) is 0. The molecule has 13 aromatic carbocycles. The lowest BCUT2D eigenvalue weighted by Crippen LogP contribution is -2.02. The van der Waals surface area contributed by atoms with Crippen LogP contribution in [-0.4, -0.2) is 73.9 Å². The van der Waals surface area contributed by atoms with E-state index >= 15 is 0 Å². The molecule has 7 heterocycles. The number of hydrogen-bond donors (Lipinski definition) is 0. The first-order chi connectivity index (χ1) is 55.4. The Morgan fingerprint density at radius 3 is 0.634 bits per heavy atom. The average molecular weight is 1440 g/mol. The second-order valence-corrected chi connectivity index (χ2v) is 27.0. The van der Waals surface area contributed by atoms with Gasteiger partial charge in [-0.05, 0) is 103 Å². The SMILES string of the molecule is [C-]#[N+]c1cc(-n2c3ccc(-c4nc(-c5ccccc5)nc(-c5ccccc5)n4)cc3c3cc(-c4nc(-c5ccccc5)nc(-c5ccccc5)n4)ccc32)c(-c2ccncc2)cc1-n1c2ccc(-c3nc(-c4ccccc4)nc(-c4ccccc4)n3)cc2c2cc(-c3nc(-c4ccccc4)nc(-c4ccccc4)n3)ccc21. The molecule has 0 saturated carbocycles. The summed E-state index contributed by atoms with van der Waals surface area (Å²) in [4.78, 5) is 71.2. The van der Waals surface area contributed by atoms with Gasteiger partial charge in [0, 0.05) is 112 Å². The minimum Gasteiger partial charge on any atom is -0.319 e. The Bertz CT molecular complexity index is 6430. The van der Waals surface area contributed by atoms with Crippen LogP contribution in [0.25, 0.3) is 208 Å². The summed E-state index contributed by atoms with van der Waals surface area (Å²) in [6.45, 7) is 9.46. The Hall–Kier alpha value is -15.9. The summed E-state index contributed by atoms with van der Waals surface area (Å²) in [6, 6.07) is 113. The fourth-order valence-corrected chi connectivity index (χ4v) is 14.7. The molecule has 0 aliphatic carbocycles. The van der Waals surface area contributed by atoms with Crippen LogP contribution in [-0.2, 0) is 0 Å². The van der Waals surface area contributed by atoms with Gasteiger partial charge >= 0.3 is 0 Å². The van der Waals surface area contributed by atoms with Crippen molar-refractivity contribution in [3.8, 4) is 159 Å². The van der Waals surface area contributed by atoms with E-state index in [1.54, 1.807) is 12.4 Å². The average Bonchev–Trinajstić information content (AvgIpc) is 1.55. The van der Waals surface area contributed by atoms with E-state index in [-0.39, 0.29) is 0 Å². The van der Waals surface area contributed by atoms with Gasteiger partial charge in [-0.3, -0.25) is 4.98 Å². The zero-order valence-electron chi connectivity index (χ0n) is 59.6. The molecule has 522 valence electrons. The van der Waals surface area contributed by atoms with E-state index in [1.165, 1.54) is 0 Å². The molecule has 0 fully saturated rings. The minimum atomic E-state index is 0.386. The fourth-order valence-electron chi connectivity index (χ4n) is 14.7. The van der Waals surface area contributed by atoms with Gasteiger partial charge in [-0.2, -0.15) is 0 Å². The van der Waals surface area contributed by atoms with E-state index in [1.807, 2.05) is 261 Å². The molecule has 0 spiro atoms. The van der Waals surface area contributed by atoms with Crippen molar-refractivity contribution in [2.75, 3.05) is 0 Å². The second-order valence-electron chi connectivity index (χ2n) is 27.0. The first kappa shape index (κ1) is 65.6. The standard InChI is InChI=1S/C96H58N16/c1-97-78-59-83(111-79-46-42-69(93-103-85(61-26-10-2-11-27-61)99-86(104-93)62-28-12-3-13-29-62)54-74(79)75-55-70(43-47-80(75)111)94-105-87(63-30-14-4-15-31-63)100-88(106-94)64-32-16-5-17-33-64)73(60-50-52-98-53-51-60)58-84(78)112-81-48-44-71(95-107-89(65-34-18-6-19-35-65)101-90(108-95)66-36-20-7-21-37-66)56-76(81)77-57-72(45-49-82(77)112)96-109-91(67-38-22-8-23-39-67)102-92(110-96)68-40-24-9-25-41-68/h2-59H. The van der Waals surface area contributed by atoms with E-state index in [2.05, 4.69) is 97.8 Å². The normalized spacial score (nSPS) is 11.4. The lowest BCUT2D eigenvalue weighted by Gasteiger charge is -2.19. The molecule has 0 bridgehead atoms. The van der Waals surface area contributed by atoms with Crippen LogP contribution < -0.4 is 0 Å². The monoisotopic (exact) mass is 1430 g/mol. The molecule has 0 radical (unpaired) electrons. The zero-order chi connectivity index (χ0) is 74.4. The van der Waals surface area contributed by atoms with E-state index < -0.39 is 0 Å². The highest BCUT2D eigenvalue weighted by atomic mass is 15.1. The summed E-state index contributed by atoms with van der Waals surface area (Å²) in [6.07, 6.45) is 3.61. The molecule has 0 unspecified atom stereocenters. The molecule has 0 amide bonds. The maximum absolute atomic E-state index is 9.46. The molecule has 16 nitrogen and oxygen atoms in total. The number of rotatable bonds is 15. The third-order valence-electron chi connectivity index (χ3n) is 20.0. The number of fused-ring (bicyclic) bond motifs is 6. The van der Waals surface area contributed by atoms with Crippen LogP contribution in [0.4, 0.5) is 5.69 Å². The molecular weight excluding hydrogens is 1380 g/mol. The van der Waals surface area contributed by atoms with Crippen molar-refractivity contribution in [2.24, 2.45) is 0 Å². The maximum Gasteiger partial charge on any atom is 0.212 e. The van der Waals surface area contributed by atoms with Gasteiger partial charge in [-0.15, -0.1) is 0 Å². The predicted molar refractivity (Wildman–Crippen MR) is 443 cm³/mol. The van der Waals surface area contributed by atoms with Gasteiger partial charge in [-0.25, -0.2) is 64.7 Å². The van der Waals surface area contributed by atoms with E-state index in [9.17, 15) is 6.57 Å². The van der Waals surface area contributed by atoms with Crippen LogP contribution in [0, 0.1) is 6.57 Å². The quantitative estimate of drug-likeness (QED) is 0.0885. The molecule has 112 heavy (non-hydrogen) atoms. The van der Waals surface area contributed by atoms with Gasteiger partial charge in [0.15, 0.2) is 69.9 Å². The zero-order valence-corrected chi connectivity index (χ0v) is 59.6. The van der Waals surface area contributed by atoms with Crippen molar-refractivity contribution in [2.45, 2.75) is 0 Å². The van der Waals surface area contributed by atoms with Crippen molar-refractivity contribution in [1.29, 1.82) is 0 Å². The van der Waals surface area contributed by atoms with Crippen LogP contribution in [0.1, 0.15) is 0 Å². The molecule has 0 N–H and O–H groups in total. The molecular formula is C96H58N16. The molecule has 16 heteroatoms. The van der Waals surface area contributed by atoms with Crippen LogP contribution >= 0.6 is 0 Å². The van der Waals surface area contributed by atoms with Gasteiger partial charge in [0.1, 0.15) is 0 Å². The maximum atomic E-state index is 9.46. The van der Waals surface area contributed by atoms with Gasteiger partial charge in [0.2, 0.25) is 5.69 Å². The van der Waals surface area contributed by atoms with Crippen molar-refractivity contribution < 1.29 is 0 Å². The Labute approximate surface area is 642 Å². The largest absolute Gasteiger partial charge is 0.319 e. The van der Waals surface area contributed by atoms with Gasteiger partial charge in [0.25, 0.3) is 0 Å². The number of aromatic nitrogens is 15. The lowest BCUT2D eigenvalue weighted by molar-refractivity contribution is 1.07. The van der Waals surface area contributed by atoms with Crippen molar-refractivity contribution in [1.82, 2.24) is 73.9 Å². The Kier molecular flexibility index (Phi) is 16.5. The van der Waals surface area contributed by atoms with Crippen LogP contribution in [0.3, 0.4) is 0 Å². The molecule has 7 aromatic heterocycles. The lowest BCUT2D eigenvalue weighted by atomic mass is 10.0. The Morgan fingerprint density at radius 2 is 0.411 bits per heavy atom. The van der Waals surface area contributed by atoms with Crippen molar-refractivity contribution >= 4 is 49.3 Å². The summed E-state index contributed by atoms with van der Waals surface area (Å²) in [5.74, 6) is 6.30.